The van der Waals surface area contributed by atoms with Gasteiger partial charge in [-0.2, -0.15) is 0 Å². The van der Waals surface area contributed by atoms with E-state index in [2.05, 4.69) is 41.7 Å². The summed E-state index contributed by atoms with van der Waals surface area (Å²) >= 11 is 0. The van der Waals surface area contributed by atoms with E-state index in [0.717, 1.165) is 11.3 Å². The van der Waals surface area contributed by atoms with Crippen molar-refractivity contribution < 1.29 is 9.90 Å². The predicted molar refractivity (Wildman–Crippen MR) is 96.4 cm³/mol. The highest BCUT2D eigenvalue weighted by Crippen LogP contribution is 2.20. The van der Waals surface area contributed by atoms with Crippen LogP contribution >= 0.6 is 0 Å². The van der Waals surface area contributed by atoms with Crippen molar-refractivity contribution in [3.05, 3.63) is 42.2 Å². The number of aromatic nitrogens is 3. The van der Waals surface area contributed by atoms with E-state index >= 15 is 0 Å². The van der Waals surface area contributed by atoms with E-state index in [4.69, 9.17) is 0 Å². The van der Waals surface area contributed by atoms with E-state index in [0.29, 0.717) is 6.42 Å². The Hall–Kier alpha value is -2.41. The third kappa shape index (κ3) is 5.86. The lowest BCUT2D eigenvalue weighted by molar-refractivity contribution is 0.189. The lowest BCUT2D eigenvalue weighted by Crippen LogP contribution is -2.45. The number of amides is 2. The van der Waals surface area contributed by atoms with E-state index in [1.54, 1.807) is 17.1 Å². The summed E-state index contributed by atoms with van der Waals surface area (Å²) < 4.78 is 1.67. The summed E-state index contributed by atoms with van der Waals surface area (Å²) in [5, 5.41) is 22.9. The van der Waals surface area contributed by atoms with Crippen LogP contribution in [0.2, 0.25) is 0 Å². The number of nitrogens with one attached hydrogen (secondary N) is 2. The molecule has 0 radical (unpaired) electrons. The Labute approximate surface area is 148 Å². The number of carbonyl (C=O) groups excluding carboxylic acids is 1. The second-order valence-electron chi connectivity index (χ2n) is 7.42. The summed E-state index contributed by atoms with van der Waals surface area (Å²) in [5.41, 5.74) is 1.92. The van der Waals surface area contributed by atoms with Crippen LogP contribution in [-0.4, -0.2) is 38.8 Å². The molecular formula is C18H27N5O2. The van der Waals surface area contributed by atoms with Gasteiger partial charge in [-0.1, -0.05) is 38.1 Å². The highest BCUT2D eigenvalue weighted by molar-refractivity contribution is 5.74. The van der Waals surface area contributed by atoms with Crippen LogP contribution in [0.3, 0.4) is 0 Å². The minimum absolute atomic E-state index is 0.0312. The molecule has 7 heteroatoms. The molecule has 3 N–H and O–H groups in total. The van der Waals surface area contributed by atoms with Gasteiger partial charge in [0.05, 0.1) is 36.8 Å². The van der Waals surface area contributed by atoms with Crippen LogP contribution < -0.4 is 10.6 Å². The van der Waals surface area contributed by atoms with Crippen LogP contribution in [-0.2, 0) is 0 Å². The van der Waals surface area contributed by atoms with Gasteiger partial charge in [0.1, 0.15) is 0 Å². The van der Waals surface area contributed by atoms with Gasteiger partial charge in [-0.25, -0.2) is 9.48 Å². The quantitative estimate of drug-likeness (QED) is 0.750. The summed E-state index contributed by atoms with van der Waals surface area (Å²) in [4.78, 5) is 12.2. The molecule has 7 nitrogen and oxygen atoms in total. The smallest absolute Gasteiger partial charge is 0.315 e. The van der Waals surface area contributed by atoms with Crippen LogP contribution in [0.1, 0.15) is 45.7 Å². The summed E-state index contributed by atoms with van der Waals surface area (Å²) in [6, 6.07) is 7.05. The zero-order valence-electron chi connectivity index (χ0n) is 15.2. The molecule has 0 aliphatic carbocycles. The number of hydrogen-bond donors (Lipinski definition) is 3. The summed E-state index contributed by atoms with van der Waals surface area (Å²) in [5.74, 6) is 0. The van der Waals surface area contributed by atoms with Crippen molar-refractivity contribution in [1.29, 1.82) is 0 Å². The van der Waals surface area contributed by atoms with E-state index in [1.807, 2.05) is 31.2 Å². The van der Waals surface area contributed by atoms with Crippen molar-refractivity contribution in [3.63, 3.8) is 0 Å². The molecule has 0 aliphatic heterocycles. The molecule has 0 bridgehead atoms. The molecule has 1 aromatic heterocycles. The summed E-state index contributed by atoms with van der Waals surface area (Å²) in [6.45, 7) is 8.07. The molecule has 25 heavy (non-hydrogen) atoms. The zero-order valence-corrected chi connectivity index (χ0v) is 15.2. The maximum Gasteiger partial charge on any atom is 0.315 e. The number of aliphatic hydroxyl groups is 1. The molecule has 0 fully saturated rings. The second kappa shape index (κ2) is 8.11. The lowest BCUT2D eigenvalue weighted by atomic mass is 9.88. The van der Waals surface area contributed by atoms with E-state index < -0.39 is 0 Å². The maximum atomic E-state index is 12.2. The fourth-order valence-electron chi connectivity index (χ4n) is 2.67. The summed E-state index contributed by atoms with van der Waals surface area (Å²) in [6.07, 6.45) is 4.10. The van der Waals surface area contributed by atoms with Crippen LogP contribution in [0.4, 0.5) is 4.79 Å². The Morgan fingerprint density at radius 2 is 1.92 bits per heavy atom. The standard InChI is InChI=1S/C18H27N5O2/c1-13(20-17(25)21-15(12-24)11-18(2,3)4)14-5-7-16(8-6-14)23-10-9-19-22-23/h5-10,13,15,24H,11-12H2,1-4H3,(H2,20,21,25). The highest BCUT2D eigenvalue weighted by Gasteiger charge is 2.20. The molecule has 2 rings (SSSR count). The number of urea groups is 1. The number of hydrogen-bond acceptors (Lipinski definition) is 4. The van der Waals surface area contributed by atoms with E-state index in [1.165, 1.54) is 0 Å². The normalized spacial score (nSPS) is 14.0. The molecule has 0 saturated carbocycles. The first-order valence-corrected chi connectivity index (χ1v) is 8.43. The van der Waals surface area contributed by atoms with E-state index in [9.17, 15) is 9.90 Å². The Morgan fingerprint density at radius 1 is 1.24 bits per heavy atom. The molecular weight excluding hydrogens is 318 g/mol. The zero-order chi connectivity index (χ0) is 18.4. The van der Waals surface area contributed by atoms with Gasteiger partial charge in [0.2, 0.25) is 0 Å². The van der Waals surface area contributed by atoms with Crippen LogP contribution in [0.25, 0.3) is 5.69 Å². The topological polar surface area (TPSA) is 92.1 Å². The minimum atomic E-state index is -0.281. The SMILES string of the molecule is CC(NC(=O)NC(CO)CC(C)(C)C)c1ccc(-n2ccnn2)cc1. The van der Waals surface area contributed by atoms with Gasteiger partial charge >= 0.3 is 6.03 Å². The molecule has 2 amide bonds. The van der Waals surface area contributed by atoms with Crippen LogP contribution in [0, 0.1) is 5.41 Å². The molecule has 0 aliphatic rings. The van der Waals surface area contributed by atoms with E-state index in [-0.39, 0.29) is 30.1 Å². The Morgan fingerprint density at radius 3 is 2.44 bits per heavy atom. The lowest BCUT2D eigenvalue weighted by Gasteiger charge is -2.26. The summed E-state index contributed by atoms with van der Waals surface area (Å²) in [7, 11) is 0. The van der Waals surface area contributed by atoms with Gasteiger partial charge in [0, 0.05) is 0 Å². The van der Waals surface area contributed by atoms with Gasteiger partial charge in [0.15, 0.2) is 0 Å². The molecule has 1 heterocycles. The minimum Gasteiger partial charge on any atom is -0.394 e. The Balaban J connectivity index is 1.92. The fourth-order valence-corrected chi connectivity index (χ4v) is 2.67. The monoisotopic (exact) mass is 345 g/mol. The third-order valence-corrected chi connectivity index (χ3v) is 3.84. The molecule has 136 valence electrons. The van der Waals surface area contributed by atoms with Crippen molar-refractivity contribution in [2.24, 2.45) is 5.41 Å². The second-order valence-corrected chi connectivity index (χ2v) is 7.42. The van der Waals surface area contributed by atoms with Gasteiger partial charge in [-0.05, 0) is 36.5 Å². The molecule has 1 aromatic carbocycles. The highest BCUT2D eigenvalue weighted by atomic mass is 16.3. The Kier molecular flexibility index (Phi) is 6.14. The van der Waals surface area contributed by atoms with Crippen molar-refractivity contribution >= 4 is 6.03 Å². The van der Waals surface area contributed by atoms with Crippen LogP contribution in [0.5, 0.6) is 0 Å². The average Bonchev–Trinajstić information content (AvgIpc) is 3.07. The first-order chi connectivity index (χ1) is 11.8. The molecule has 2 atom stereocenters. The number of nitrogens with zero attached hydrogens (tertiary/aromatic N) is 3. The average molecular weight is 345 g/mol. The number of aliphatic hydroxyl groups excluding tert-OH is 1. The van der Waals surface area contributed by atoms with Gasteiger partial charge < -0.3 is 15.7 Å². The third-order valence-electron chi connectivity index (χ3n) is 3.84. The number of benzene rings is 1. The molecule has 0 spiro atoms. The number of rotatable bonds is 6. The first-order valence-electron chi connectivity index (χ1n) is 8.43. The largest absolute Gasteiger partial charge is 0.394 e. The molecule has 2 unspecified atom stereocenters. The number of carbonyl (C=O) groups is 1. The van der Waals surface area contributed by atoms with Crippen molar-refractivity contribution in [3.8, 4) is 5.69 Å². The maximum absolute atomic E-state index is 12.2. The van der Waals surface area contributed by atoms with Gasteiger partial charge in [-0.3, -0.25) is 0 Å². The van der Waals surface area contributed by atoms with Gasteiger partial charge in [0.25, 0.3) is 0 Å². The Bertz CT molecular complexity index is 662. The van der Waals surface area contributed by atoms with Gasteiger partial charge in [-0.15, -0.1) is 5.10 Å². The van der Waals surface area contributed by atoms with Crippen LogP contribution in [0.15, 0.2) is 36.7 Å². The van der Waals surface area contributed by atoms with Crippen molar-refractivity contribution in [2.75, 3.05) is 6.61 Å². The first kappa shape index (κ1) is 18.9. The fraction of sp³-hybridized carbons (Fsp3) is 0.500. The van der Waals surface area contributed by atoms with Crippen molar-refractivity contribution in [1.82, 2.24) is 25.6 Å². The molecule has 2 aromatic rings. The van der Waals surface area contributed by atoms with Crippen molar-refractivity contribution in [2.45, 2.75) is 46.2 Å². The predicted octanol–water partition coefficient (Wildman–Crippen LogP) is 2.42. The molecule has 0 saturated heterocycles.